The predicted molar refractivity (Wildman–Crippen MR) is 82.5 cm³/mol. The van der Waals surface area contributed by atoms with E-state index < -0.39 is 0 Å². The average molecular weight is 275 g/mol. The van der Waals surface area contributed by atoms with Crippen LogP contribution in [-0.2, 0) is 11.3 Å². The standard InChI is InChI=1S/C17H25NO2/c1-3-18(12-14-20-4-2)15-17-11-6-5-9-16(17)10-7-8-13-19/h5-6,9,11,19H,3-4,8,12-15H2,1-2H3. The number of benzene rings is 1. The first-order valence-electron chi connectivity index (χ1n) is 7.29. The molecule has 0 aliphatic carbocycles. The Hall–Kier alpha value is -1.34. The second-order valence-corrected chi connectivity index (χ2v) is 4.50. The largest absolute Gasteiger partial charge is 0.395 e. The fraction of sp³-hybridized carbons (Fsp3) is 0.529. The van der Waals surface area contributed by atoms with Crippen LogP contribution in [0.15, 0.2) is 24.3 Å². The fourth-order valence-electron chi connectivity index (χ4n) is 1.92. The van der Waals surface area contributed by atoms with Gasteiger partial charge in [0, 0.05) is 31.7 Å². The monoisotopic (exact) mass is 275 g/mol. The maximum Gasteiger partial charge on any atom is 0.0593 e. The first-order valence-corrected chi connectivity index (χ1v) is 7.29. The van der Waals surface area contributed by atoms with Gasteiger partial charge in [0.2, 0.25) is 0 Å². The van der Waals surface area contributed by atoms with Crippen molar-refractivity contribution in [2.24, 2.45) is 0 Å². The number of rotatable bonds is 8. The first kappa shape index (κ1) is 16.7. The van der Waals surface area contributed by atoms with E-state index in [-0.39, 0.29) is 6.61 Å². The zero-order chi connectivity index (χ0) is 14.6. The molecule has 0 unspecified atom stereocenters. The molecule has 0 bridgehead atoms. The van der Waals surface area contributed by atoms with E-state index in [1.54, 1.807) is 0 Å². The topological polar surface area (TPSA) is 32.7 Å². The summed E-state index contributed by atoms with van der Waals surface area (Å²) in [5.74, 6) is 6.14. The van der Waals surface area contributed by atoms with Crippen LogP contribution in [-0.4, -0.2) is 42.9 Å². The van der Waals surface area contributed by atoms with Crippen molar-refractivity contribution >= 4 is 0 Å². The van der Waals surface area contributed by atoms with Crippen molar-refractivity contribution in [3.05, 3.63) is 35.4 Å². The zero-order valence-electron chi connectivity index (χ0n) is 12.6. The molecule has 1 aromatic carbocycles. The van der Waals surface area contributed by atoms with Crippen LogP contribution < -0.4 is 0 Å². The van der Waals surface area contributed by atoms with Gasteiger partial charge in [-0.05, 0) is 25.1 Å². The highest BCUT2D eigenvalue weighted by molar-refractivity contribution is 5.41. The molecule has 0 radical (unpaired) electrons. The third-order valence-corrected chi connectivity index (χ3v) is 3.07. The molecule has 0 amide bonds. The molecule has 0 aromatic heterocycles. The third-order valence-electron chi connectivity index (χ3n) is 3.07. The Labute approximate surface area is 122 Å². The molecule has 1 aromatic rings. The number of hydrogen-bond acceptors (Lipinski definition) is 3. The summed E-state index contributed by atoms with van der Waals surface area (Å²) >= 11 is 0. The summed E-state index contributed by atoms with van der Waals surface area (Å²) in [6.07, 6.45) is 0.524. The van der Waals surface area contributed by atoms with Crippen LogP contribution in [0.1, 0.15) is 31.4 Å². The van der Waals surface area contributed by atoms with Gasteiger partial charge in [0.05, 0.1) is 13.2 Å². The lowest BCUT2D eigenvalue weighted by Crippen LogP contribution is -2.27. The van der Waals surface area contributed by atoms with E-state index in [1.165, 1.54) is 5.56 Å². The lowest BCUT2D eigenvalue weighted by Gasteiger charge is -2.21. The first-order chi connectivity index (χ1) is 9.81. The molecule has 3 nitrogen and oxygen atoms in total. The van der Waals surface area contributed by atoms with Crippen LogP contribution in [0, 0.1) is 11.8 Å². The Balaban J connectivity index is 2.67. The van der Waals surface area contributed by atoms with Gasteiger partial charge >= 0.3 is 0 Å². The molecule has 1 N–H and O–H groups in total. The molecule has 0 spiro atoms. The van der Waals surface area contributed by atoms with Crippen molar-refractivity contribution in [3.8, 4) is 11.8 Å². The number of hydrogen-bond donors (Lipinski definition) is 1. The number of likely N-dealkylation sites (N-methyl/N-ethyl adjacent to an activating group) is 1. The molecule has 20 heavy (non-hydrogen) atoms. The molecule has 0 saturated carbocycles. The highest BCUT2D eigenvalue weighted by Gasteiger charge is 2.06. The van der Waals surface area contributed by atoms with Crippen LogP contribution in [0.4, 0.5) is 0 Å². The third kappa shape index (κ3) is 6.21. The number of nitrogens with zero attached hydrogens (tertiary/aromatic N) is 1. The van der Waals surface area contributed by atoms with E-state index in [9.17, 15) is 0 Å². The Bertz CT molecular complexity index is 434. The number of aliphatic hydroxyl groups is 1. The average Bonchev–Trinajstić information content (AvgIpc) is 2.48. The molecule has 110 valence electrons. The molecule has 3 heteroatoms. The van der Waals surface area contributed by atoms with Crippen LogP contribution in [0.5, 0.6) is 0 Å². The highest BCUT2D eigenvalue weighted by atomic mass is 16.5. The quantitative estimate of drug-likeness (QED) is 0.583. The number of ether oxygens (including phenoxy) is 1. The summed E-state index contributed by atoms with van der Waals surface area (Å²) in [5.41, 5.74) is 2.28. The second kappa shape index (κ2) is 10.4. The summed E-state index contributed by atoms with van der Waals surface area (Å²) in [6.45, 7) is 8.63. The van der Waals surface area contributed by atoms with Crippen molar-refractivity contribution in [3.63, 3.8) is 0 Å². The van der Waals surface area contributed by atoms with E-state index in [2.05, 4.69) is 29.7 Å². The SMILES string of the molecule is CCOCCN(CC)Cc1ccccc1C#CCCO. The Morgan fingerprint density at radius 3 is 2.75 bits per heavy atom. The molecule has 1 rings (SSSR count). The van der Waals surface area contributed by atoms with E-state index in [0.717, 1.165) is 38.4 Å². The molecule has 0 aliphatic heterocycles. The normalized spacial score (nSPS) is 10.4. The molecule has 0 fully saturated rings. The van der Waals surface area contributed by atoms with Gasteiger partial charge in [-0.1, -0.05) is 37.0 Å². The zero-order valence-corrected chi connectivity index (χ0v) is 12.6. The lowest BCUT2D eigenvalue weighted by atomic mass is 10.1. The minimum Gasteiger partial charge on any atom is -0.395 e. The van der Waals surface area contributed by atoms with Gasteiger partial charge < -0.3 is 9.84 Å². The fourth-order valence-corrected chi connectivity index (χ4v) is 1.92. The van der Waals surface area contributed by atoms with Crippen molar-refractivity contribution in [1.82, 2.24) is 4.90 Å². The summed E-state index contributed by atoms with van der Waals surface area (Å²) in [7, 11) is 0. The Morgan fingerprint density at radius 2 is 2.05 bits per heavy atom. The Kier molecular flexibility index (Phi) is 8.73. The molecule has 0 heterocycles. The van der Waals surface area contributed by atoms with E-state index in [1.807, 2.05) is 25.1 Å². The number of aliphatic hydroxyl groups excluding tert-OH is 1. The molecule has 0 saturated heterocycles. The summed E-state index contributed by atoms with van der Waals surface area (Å²) in [6, 6.07) is 8.20. The molecule has 0 aliphatic rings. The van der Waals surface area contributed by atoms with Gasteiger partial charge in [-0.25, -0.2) is 0 Å². The van der Waals surface area contributed by atoms with Crippen LogP contribution in [0.25, 0.3) is 0 Å². The summed E-state index contributed by atoms with van der Waals surface area (Å²) in [4.78, 5) is 2.35. The minimum absolute atomic E-state index is 0.116. The van der Waals surface area contributed by atoms with Gasteiger partial charge in [-0.15, -0.1) is 0 Å². The van der Waals surface area contributed by atoms with Gasteiger partial charge in [0.1, 0.15) is 0 Å². The summed E-state index contributed by atoms with van der Waals surface area (Å²) < 4.78 is 5.42. The molecular formula is C17H25NO2. The minimum atomic E-state index is 0.116. The van der Waals surface area contributed by atoms with Gasteiger partial charge in [-0.3, -0.25) is 4.90 Å². The van der Waals surface area contributed by atoms with E-state index in [4.69, 9.17) is 9.84 Å². The smallest absolute Gasteiger partial charge is 0.0593 e. The molecular weight excluding hydrogens is 250 g/mol. The molecule has 0 atom stereocenters. The van der Waals surface area contributed by atoms with Crippen molar-refractivity contribution < 1.29 is 9.84 Å². The maximum atomic E-state index is 8.79. The van der Waals surface area contributed by atoms with Crippen molar-refractivity contribution in [1.29, 1.82) is 0 Å². The highest BCUT2D eigenvalue weighted by Crippen LogP contribution is 2.10. The van der Waals surface area contributed by atoms with Gasteiger partial charge in [0.15, 0.2) is 0 Å². The van der Waals surface area contributed by atoms with Crippen molar-refractivity contribution in [2.75, 3.05) is 32.9 Å². The predicted octanol–water partition coefficient (Wildman–Crippen LogP) is 2.28. The van der Waals surface area contributed by atoms with Gasteiger partial charge in [0.25, 0.3) is 0 Å². The van der Waals surface area contributed by atoms with Crippen LogP contribution in [0.2, 0.25) is 0 Å². The van der Waals surface area contributed by atoms with E-state index in [0.29, 0.717) is 6.42 Å². The lowest BCUT2D eigenvalue weighted by molar-refractivity contribution is 0.113. The van der Waals surface area contributed by atoms with E-state index >= 15 is 0 Å². The Morgan fingerprint density at radius 1 is 1.25 bits per heavy atom. The van der Waals surface area contributed by atoms with Crippen LogP contribution in [0.3, 0.4) is 0 Å². The van der Waals surface area contributed by atoms with Crippen LogP contribution >= 0.6 is 0 Å². The summed E-state index contributed by atoms with van der Waals surface area (Å²) in [5, 5.41) is 8.79. The second-order valence-electron chi connectivity index (χ2n) is 4.50. The maximum absolute atomic E-state index is 8.79. The van der Waals surface area contributed by atoms with Crippen molar-refractivity contribution in [2.45, 2.75) is 26.8 Å². The van der Waals surface area contributed by atoms with Gasteiger partial charge in [-0.2, -0.15) is 0 Å².